The highest BCUT2D eigenvalue weighted by Crippen LogP contribution is 2.32. The summed E-state index contributed by atoms with van der Waals surface area (Å²) < 4.78 is 22.4. The number of methoxy groups -OCH3 is 1. The van der Waals surface area contributed by atoms with Gasteiger partial charge in [0, 0.05) is 15.6 Å². The number of benzene rings is 3. The summed E-state index contributed by atoms with van der Waals surface area (Å²) in [4.78, 5) is 16.8. The van der Waals surface area contributed by atoms with Crippen molar-refractivity contribution in [3.63, 3.8) is 0 Å². The van der Waals surface area contributed by atoms with Crippen LogP contribution in [0, 0.1) is 0 Å². The van der Waals surface area contributed by atoms with E-state index in [1.807, 2.05) is 19.1 Å². The average molecular weight is 498 g/mol. The van der Waals surface area contributed by atoms with E-state index in [2.05, 4.69) is 4.99 Å². The van der Waals surface area contributed by atoms with Crippen LogP contribution in [0.4, 0.5) is 0 Å². The number of esters is 1. The Morgan fingerprint density at radius 3 is 2.56 bits per heavy atom. The van der Waals surface area contributed by atoms with Gasteiger partial charge >= 0.3 is 5.97 Å². The van der Waals surface area contributed by atoms with Crippen molar-refractivity contribution in [2.75, 3.05) is 13.7 Å². The maximum absolute atomic E-state index is 12.4. The van der Waals surface area contributed by atoms with Gasteiger partial charge in [-0.2, -0.15) is 0 Å². The SMILES string of the molecule is CCOc1ccccc1C1=NC(=Cc2ccc(OCc3ccc(Cl)cc3Cl)c(OC)c2)C(=O)O1. The molecule has 34 heavy (non-hydrogen) atoms. The van der Waals surface area contributed by atoms with E-state index in [1.54, 1.807) is 61.7 Å². The molecule has 4 rings (SSSR count). The van der Waals surface area contributed by atoms with E-state index in [4.69, 9.17) is 42.1 Å². The van der Waals surface area contributed by atoms with E-state index in [-0.39, 0.29) is 18.2 Å². The number of carbonyl (C=O) groups is 1. The molecule has 0 N–H and O–H groups in total. The first kappa shape index (κ1) is 23.7. The minimum atomic E-state index is -0.544. The molecule has 0 amide bonds. The third kappa shape index (κ3) is 5.35. The molecule has 3 aromatic rings. The van der Waals surface area contributed by atoms with E-state index in [1.165, 1.54) is 0 Å². The van der Waals surface area contributed by atoms with Gasteiger partial charge in [0.2, 0.25) is 5.90 Å². The third-order valence-electron chi connectivity index (χ3n) is 4.93. The predicted octanol–water partition coefficient (Wildman–Crippen LogP) is 6.32. The number of para-hydroxylation sites is 1. The second kappa shape index (κ2) is 10.6. The van der Waals surface area contributed by atoms with Crippen LogP contribution in [0.15, 0.2) is 71.4 Å². The highest BCUT2D eigenvalue weighted by Gasteiger charge is 2.26. The first-order valence-electron chi connectivity index (χ1n) is 10.5. The summed E-state index contributed by atoms with van der Waals surface area (Å²) in [6.07, 6.45) is 1.63. The van der Waals surface area contributed by atoms with Crippen LogP contribution in [0.25, 0.3) is 6.08 Å². The molecule has 0 radical (unpaired) electrons. The summed E-state index contributed by atoms with van der Waals surface area (Å²) in [5.41, 5.74) is 2.28. The normalized spacial score (nSPS) is 14.1. The minimum absolute atomic E-state index is 0.171. The Bertz CT molecular complexity index is 1290. The fourth-order valence-electron chi connectivity index (χ4n) is 3.29. The smallest absolute Gasteiger partial charge is 0.363 e. The lowest BCUT2D eigenvalue weighted by molar-refractivity contribution is -0.129. The number of cyclic esters (lactones) is 1. The van der Waals surface area contributed by atoms with Crippen LogP contribution in [-0.2, 0) is 16.1 Å². The molecule has 0 saturated heterocycles. The van der Waals surface area contributed by atoms with Gasteiger partial charge in [-0.1, -0.05) is 47.5 Å². The van der Waals surface area contributed by atoms with Gasteiger partial charge in [0.1, 0.15) is 12.4 Å². The maximum atomic E-state index is 12.4. The van der Waals surface area contributed by atoms with Gasteiger partial charge in [-0.05, 0) is 55.0 Å². The third-order valence-corrected chi connectivity index (χ3v) is 5.51. The molecule has 0 atom stereocenters. The van der Waals surface area contributed by atoms with Gasteiger partial charge in [-0.15, -0.1) is 0 Å². The van der Waals surface area contributed by atoms with Crippen molar-refractivity contribution in [1.82, 2.24) is 0 Å². The van der Waals surface area contributed by atoms with E-state index in [0.29, 0.717) is 45.0 Å². The molecular formula is C26H21Cl2NO5. The Labute approximate surface area is 207 Å². The lowest BCUT2D eigenvalue weighted by atomic mass is 10.1. The molecule has 1 heterocycles. The zero-order valence-electron chi connectivity index (χ0n) is 18.5. The first-order chi connectivity index (χ1) is 16.5. The van der Waals surface area contributed by atoms with E-state index in [9.17, 15) is 4.79 Å². The molecule has 0 saturated carbocycles. The van der Waals surface area contributed by atoms with Crippen LogP contribution >= 0.6 is 23.2 Å². The number of rotatable bonds is 8. The topological polar surface area (TPSA) is 66.3 Å². The molecule has 6 nitrogen and oxygen atoms in total. The van der Waals surface area contributed by atoms with Gasteiger partial charge in [-0.25, -0.2) is 9.79 Å². The zero-order chi connectivity index (χ0) is 24.1. The Balaban J connectivity index is 1.55. The van der Waals surface area contributed by atoms with Crippen molar-refractivity contribution >= 4 is 41.1 Å². The predicted molar refractivity (Wildman–Crippen MR) is 132 cm³/mol. The summed E-state index contributed by atoms with van der Waals surface area (Å²) in [5.74, 6) is 1.28. The van der Waals surface area contributed by atoms with Crippen molar-refractivity contribution in [2.24, 2.45) is 4.99 Å². The van der Waals surface area contributed by atoms with Crippen molar-refractivity contribution in [3.8, 4) is 17.2 Å². The molecule has 1 aliphatic rings. The molecule has 1 aliphatic heterocycles. The summed E-state index contributed by atoms with van der Waals surface area (Å²) >= 11 is 12.2. The summed E-state index contributed by atoms with van der Waals surface area (Å²) in [6.45, 7) is 2.61. The summed E-state index contributed by atoms with van der Waals surface area (Å²) in [5, 5.41) is 1.08. The standard InChI is InChI=1S/C26H21Cl2NO5/c1-3-32-22-7-5-4-6-19(22)25-29-21(26(30)34-25)12-16-8-11-23(24(13-16)31-2)33-15-17-9-10-18(27)14-20(17)28/h4-14H,3,15H2,1-2H3. The van der Waals surface area contributed by atoms with E-state index < -0.39 is 5.97 Å². The van der Waals surface area contributed by atoms with Gasteiger partial charge in [0.15, 0.2) is 17.2 Å². The fraction of sp³-hybridized carbons (Fsp3) is 0.154. The average Bonchev–Trinajstić information content (AvgIpc) is 3.19. The number of hydrogen-bond donors (Lipinski definition) is 0. The maximum Gasteiger partial charge on any atom is 0.363 e. The number of carbonyl (C=O) groups excluding carboxylic acids is 1. The fourth-order valence-corrected chi connectivity index (χ4v) is 3.76. The molecule has 174 valence electrons. The Morgan fingerprint density at radius 2 is 1.79 bits per heavy atom. The monoisotopic (exact) mass is 497 g/mol. The molecule has 0 aromatic heterocycles. The van der Waals surface area contributed by atoms with Gasteiger partial charge in [0.25, 0.3) is 0 Å². The van der Waals surface area contributed by atoms with Gasteiger partial charge in [-0.3, -0.25) is 0 Å². The van der Waals surface area contributed by atoms with Crippen molar-refractivity contribution in [2.45, 2.75) is 13.5 Å². The van der Waals surface area contributed by atoms with Crippen LogP contribution in [-0.4, -0.2) is 25.6 Å². The van der Waals surface area contributed by atoms with Crippen LogP contribution in [0.1, 0.15) is 23.6 Å². The molecule has 3 aromatic carbocycles. The number of hydrogen-bond acceptors (Lipinski definition) is 6. The Hall–Kier alpha value is -3.48. The van der Waals surface area contributed by atoms with Crippen LogP contribution < -0.4 is 14.2 Å². The highest BCUT2D eigenvalue weighted by molar-refractivity contribution is 6.35. The molecule has 8 heteroatoms. The van der Waals surface area contributed by atoms with Crippen molar-refractivity contribution in [1.29, 1.82) is 0 Å². The summed E-state index contributed by atoms with van der Waals surface area (Å²) in [7, 11) is 1.54. The molecule has 0 unspecified atom stereocenters. The molecule has 0 aliphatic carbocycles. The van der Waals surface area contributed by atoms with E-state index in [0.717, 1.165) is 5.56 Å². The molecule has 0 fully saturated rings. The zero-order valence-corrected chi connectivity index (χ0v) is 20.0. The lowest BCUT2D eigenvalue weighted by Gasteiger charge is -2.12. The molecule has 0 bridgehead atoms. The van der Waals surface area contributed by atoms with Gasteiger partial charge in [0.05, 0.1) is 19.3 Å². The van der Waals surface area contributed by atoms with Gasteiger partial charge < -0.3 is 18.9 Å². The number of aliphatic imine (C=N–C) groups is 1. The highest BCUT2D eigenvalue weighted by atomic mass is 35.5. The van der Waals surface area contributed by atoms with Crippen molar-refractivity contribution < 1.29 is 23.7 Å². The van der Waals surface area contributed by atoms with Crippen LogP contribution in [0.2, 0.25) is 10.0 Å². The van der Waals surface area contributed by atoms with Crippen LogP contribution in [0.5, 0.6) is 17.2 Å². The minimum Gasteiger partial charge on any atom is -0.493 e. The van der Waals surface area contributed by atoms with Crippen LogP contribution in [0.3, 0.4) is 0 Å². The summed E-state index contributed by atoms with van der Waals surface area (Å²) in [6, 6.07) is 17.8. The molecular weight excluding hydrogens is 477 g/mol. The largest absolute Gasteiger partial charge is 0.493 e. The van der Waals surface area contributed by atoms with Crippen molar-refractivity contribution in [3.05, 3.63) is 93.1 Å². The number of nitrogens with zero attached hydrogens (tertiary/aromatic N) is 1. The van der Waals surface area contributed by atoms with E-state index >= 15 is 0 Å². The second-order valence-corrected chi connectivity index (χ2v) is 8.04. The Morgan fingerprint density at radius 1 is 0.971 bits per heavy atom. The second-order valence-electron chi connectivity index (χ2n) is 7.20. The number of ether oxygens (including phenoxy) is 4. The number of halogens is 2. The lowest BCUT2D eigenvalue weighted by Crippen LogP contribution is -2.07. The quantitative estimate of drug-likeness (QED) is 0.269. The Kier molecular flexibility index (Phi) is 7.40. The molecule has 0 spiro atoms. The first-order valence-corrected chi connectivity index (χ1v) is 11.2.